The minimum absolute atomic E-state index is 0.0650. The molecule has 1 aromatic rings. The summed E-state index contributed by atoms with van der Waals surface area (Å²) in [5, 5.41) is 4.92. The lowest BCUT2D eigenvalue weighted by atomic mass is 10.0. The van der Waals surface area contributed by atoms with Gasteiger partial charge in [0, 0.05) is 30.7 Å². The maximum absolute atomic E-state index is 13.0. The van der Waals surface area contributed by atoms with Crippen molar-refractivity contribution in [3.05, 3.63) is 29.3 Å². The van der Waals surface area contributed by atoms with E-state index in [0.29, 0.717) is 38.1 Å². The molecule has 2 N–H and O–H groups in total. The number of hydrogen-bond acceptors (Lipinski definition) is 3. The smallest absolute Gasteiger partial charge is 0.342 e. The van der Waals surface area contributed by atoms with Crippen LogP contribution in [0.25, 0.3) is 0 Å². The van der Waals surface area contributed by atoms with Gasteiger partial charge in [0.1, 0.15) is 0 Å². The van der Waals surface area contributed by atoms with Crippen LogP contribution < -0.4 is 10.6 Å². The molecule has 160 valence electrons. The SMILES string of the molecule is CC[C@H](C)C(=O)N1CCC(NC(=O)Nc2ccc(C(=O)F)c(C(F)(F)F)c2)CC1. The third-order valence-electron chi connectivity index (χ3n) is 4.97. The van der Waals surface area contributed by atoms with Gasteiger partial charge in [0.05, 0.1) is 11.1 Å². The van der Waals surface area contributed by atoms with Crippen molar-refractivity contribution in [2.24, 2.45) is 5.92 Å². The molecule has 0 saturated carbocycles. The minimum Gasteiger partial charge on any atom is -0.342 e. The Kier molecular flexibility index (Phi) is 7.21. The molecule has 0 unspecified atom stereocenters. The molecule has 1 atom stereocenters. The highest BCUT2D eigenvalue weighted by Crippen LogP contribution is 2.34. The Hall–Kier alpha value is -2.65. The molecule has 1 aliphatic heterocycles. The number of alkyl halides is 3. The third-order valence-corrected chi connectivity index (χ3v) is 4.97. The van der Waals surface area contributed by atoms with Gasteiger partial charge in [0.25, 0.3) is 0 Å². The number of amides is 3. The fourth-order valence-corrected chi connectivity index (χ4v) is 3.11. The first kappa shape index (κ1) is 22.6. The molecule has 1 aliphatic rings. The maximum atomic E-state index is 13.0. The number of carbonyl (C=O) groups excluding carboxylic acids is 3. The Labute approximate surface area is 165 Å². The van der Waals surface area contributed by atoms with Crippen molar-refractivity contribution in [3.8, 4) is 0 Å². The maximum Gasteiger partial charge on any atom is 0.417 e. The number of urea groups is 1. The summed E-state index contributed by atoms with van der Waals surface area (Å²) in [6, 6.07) is -0.935. The number of likely N-dealkylation sites (tertiary alicyclic amines) is 1. The standard InChI is InChI=1S/C19H23F4N3O3/c1-3-11(2)17(28)26-8-6-12(7-9-26)24-18(29)25-13-4-5-14(16(20)27)15(10-13)19(21,22)23/h4-5,10-12H,3,6-9H2,1-2H3,(H2,24,25,29)/t11-/m0/s1. The fraction of sp³-hybridized carbons (Fsp3) is 0.526. The number of benzene rings is 1. The van der Waals surface area contributed by atoms with E-state index < -0.39 is 29.4 Å². The number of rotatable bonds is 5. The van der Waals surface area contributed by atoms with Crippen LogP contribution in [0.15, 0.2) is 18.2 Å². The summed E-state index contributed by atoms with van der Waals surface area (Å²) in [5.41, 5.74) is -2.79. The molecule has 0 aromatic heterocycles. The predicted octanol–water partition coefficient (Wildman–Crippen LogP) is 3.97. The van der Waals surface area contributed by atoms with Crippen molar-refractivity contribution in [1.82, 2.24) is 10.2 Å². The van der Waals surface area contributed by atoms with Gasteiger partial charge in [-0.2, -0.15) is 17.6 Å². The van der Waals surface area contributed by atoms with Gasteiger partial charge in [0.2, 0.25) is 5.91 Å². The third kappa shape index (κ3) is 5.91. The van der Waals surface area contributed by atoms with Gasteiger partial charge in [-0.3, -0.25) is 9.59 Å². The van der Waals surface area contributed by atoms with Crippen LogP contribution >= 0.6 is 0 Å². The topological polar surface area (TPSA) is 78.5 Å². The number of anilines is 1. The van der Waals surface area contributed by atoms with E-state index in [1.54, 1.807) is 4.90 Å². The predicted molar refractivity (Wildman–Crippen MR) is 98.1 cm³/mol. The normalized spacial score (nSPS) is 16.3. The average molecular weight is 417 g/mol. The van der Waals surface area contributed by atoms with Gasteiger partial charge in [-0.05, 0) is 37.5 Å². The fourth-order valence-electron chi connectivity index (χ4n) is 3.11. The first-order valence-electron chi connectivity index (χ1n) is 9.30. The second kappa shape index (κ2) is 9.23. The highest BCUT2D eigenvalue weighted by atomic mass is 19.4. The van der Waals surface area contributed by atoms with E-state index >= 15 is 0 Å². The summed E-state index contributed by atoms with van der Waals surface area (Å²) in [6.45, 7) is 4.76. The summed E-state index contributed by atoms with van der Waals surface area (Å²) < 4.78 is 51.8. The van der Waals surface area contributed by atoms with Gasteiger partial charge in [0.15, 0.2) is 0 Å². The van der Waals surface area contributed by atoms with E-state index in [9.17, 15) is 31.9 Å². The zero-order valence-electron chi connectivity index (χ0n) is 16.1. The lowest BCUT2D eigenvalue weighted by Gasteiger charge is -2.33. The Balaban J connectivity index is 1.95. The molecule has 6 nitrogen and oxygen atoms in total. The largest absolute Gasteiger partial charge is 0.417 e. The molecular weight excluding hydrogens is 394 g/mol. The second-order valence-electron chi connectivity index (χ2n) is 7.04. The number of nitrogens with one attached hydrogen (secondary N) is 2. The molecule has 1 aromatic carbocycles. The van der Waals surface area contributed by atoms with Crippen LogP contribution in [0, 0.1) is 5.92 Å². The van der Waals surface area contributed by atoms with Crippen molar-refractivity contribution in [2.45, 2.75) is 45.3 Å². The minimum atomic E-state index is -4.94. The van der Waals surface area contributed by atoms with Crippen LogP contribution in [0.5, 0.6) is 0 Å². The van der Waals surface area contributed by atoms with E-state index in [0.717, 1.165) is 12.5 Å². The first-order chi connectivity index (χ1) is 13.5. The summed E-state index contributed by atoms with van der Waals surface area (Å²) in [5.74, 6) is 0.00221. The molecule has 0 radical (unpaired) electrons. The van der Waals surface area contributed by atoms with Crippen molar-refractivity contribution in [1.29, 1.82) is 0 Å². The van der Waals surface area contributed by atoms with Crippen LogP contribution in [-0.2, 0) is 11.0 Å². The van der Waals surface area contributed by atoms with Gasteiger partial charge in [-0.1, -0.05) is 13.8 Å². The number of piperidine rings is 1. The molecule has 2 rings (SSSR count). The summed E-state index contributed by atoms with van der Waals surface area (Å²) in [6.07, 6.45) is -3.15. The van der Waals surface area contributed by atoms with Gasteiger partial charge in [-0.15, -0.1) is 0 Å². The van der Waals surface area contributed by atoms with Crippen LogP contribution in [0.2, 0.25) is 0 Å². The lowest BCUT2D eigenvalue weighted by Crippen LogP contribution is -2.48. The average Bonchev–Trinajstić information content (AvgIpc) is 2.66. The Morgan fingerprint density at radius 2 is 1.83 bits per heavy atom. The van der Waals surface area contributed by atoms with E-state index in [1.165, 1.54) is 0 Å². The van der Waals surface area contributed by atoms with E-state index in [2.05, 4.69) is 10.6 Å². The molecule has 3 amide bonds. The van der Waals surface area contributed by atoms with Gasteiger partial charge >= 0.3 is 18.2 Å². The Bertz CT molecular complexity index is 774. The quantitative estimate of drug-likeness (QED) is 0.562. The highest BCUT2D eigenvalue weighted by Gasteiger charge is 2.36. The molecule has 1 fully saturated rings. The van der Waals surface area contributed by atoms with Gasteiger partial charge in [-0.25, -0.2) is 4.79 Å². The molecule has 0 bridgehead atoms. The van der Waals surface area contributed by atoms with E-state index in [4.69, 9.17) is 0 Å². The molecule has 29 heavy (non-hydrogen) atoms. The Morgan fingerprint density at radius 3 is 2.34 bits per heavy atom. The van der Waals surface area contributed by atoms with Crippen LogP contribution in [-0.4, -0.2) is 42.0 Å². The Morgan fingerprint density at radius 1 is 1.21 bits per heavy atom. The molecule has 0 spiro atoms. The summed E-state index contributed by atoms with van der Waals surface area (Å²) in [7, 11) is 0. The molecule has 1 saturated heterocycles. The van der Waals surface area contributed by atoms with Crippen molar-refractivity contribution >= 4 is 23.7 Å². The van der Waals surface area contributed by atoms with Crippen molar-refractivity contribution in [3.63, 3.8) is 0 Å². The van der Waals surface area contributed by atoms with Crippen LogP contribution in [0.1, 0.15) is 49.0 Å². The molecule has 0 aliphatic carbocycles. The van der Waals surface area contributed by atoms with Crippen LogP contribution in [0.4, 0.5) is 28.0 Å². The first-order valence-corrected chi connectivity index (χ1v) is 9.30. The van der Waals surface area contributed by atoms with Gasteiger partial charge < -0.3 is 15.5 Å². The zero-order valence-corrected chi connectivity index (χ0v) is 16.1. The van der Waals surface area contributed by atoms with Crippen LogP contribution in [0.3, 0.4) is 0 Å². The molecule has 1 heterocycles. The van der Waals surface area contributed by atoms with E-state index in [1.807, 2.05) is 13.8 Å². The summed E-state index contributed by atoms with van der Waals surface area (Å²) in [4.78, 5) is 36.8. The molecular formula is C19H23F4N3O3. The van der Waals surface area contributed by atoms with E-state index in [-0.39, 0.29) is 23.6 Å². The lowest BCUT2D eigenvalue weighted by molar-refractivity contribution is -0.138. The van der Waals surface area contributed by atoms with Crippen molar-refractivity contribution < 1.29 is 31.9 Å². The number of nitrogens with zero attached hydrogens (tertiary/aromatic N) is 1. The molecule has 10 heteroatoms. The summed E-state index contributed by atoms with van der Waals surface area (Å²) >= 11 is 0. The number of hydrogen-bond donors (Lipinski definition) is 2. The zero-order chi connectivity index (χ0) is 21.8. The van der Waals surface area contributed by atoms with Crippen molar-refractivity contribution in [2.75, 3.05) is 18.4 Å². The second-order valence-corrected chi connectivity index (χ2v) is 7.04. The number of carbonyl (C=O) groups is 3. The number of halogens is 4. The highest BCUT2D eigenvalue weighted by molar-refractivity contribution is 5.93. The monoisotopic (exact) mass is 417 g/mol.